The van der Waals surface area contributed by atoms with Crippen molar-refractivity contribution >= 4 is 23.7 Å². The number of nitrogens with zero attached hydrogens (tertiary/aromatic N) is 4. The minimum absolute atomic E-state index is 0.627. The first-order valence-corrected chi connectivity index (χ1v) is 6.60. The number of carbonyl (C=O) groups is 2. The fraction of sp³-hybridized carbons (Fsp3) is 0.400. The van der Waals surface area contributed by atoms with Crippen LogP contribution in [0.15, 0.2) is 12.7 Å². The Hall–Kier alpha value is -3.34. The number of hydrogen-bond acceptors (Lipinski definition) is 6. The molecule has 2 rings (SSSR count). The van der Waals surface area contributed by atoms with E-state index in [9.17, 15) is 44.7 Å². The van der Waals surface area contributed by atoms with Crippen molar-refractivity contribution in [1.29, 1.82) is 0 Å². The molecule has 0 fully saturated rings. The number of aromatic nitrogens is 6. The zero-order chi connectivity index (χ0) is 21.4. The second-order valence-corrected chi connectivity index (χ2v) is 4.87. The van der Waals surface area contributed by atoms with Gasteiger partial charge in [0.15, 0.2) is 0 Å². The van der Waals surface area contributed by atoms with Gasteiger partial charge in [-0.05, 0) is 0 Å². The molecule has 0 aromatic carbocycles. The molecule has 0 spiro atoms. The zero-order valence-electron chi connectivity index (χ0n) is 12.8. The average molecular weight is 422 g/mol. The van der Waals surface area contributed by atoms with Crippen molar-refractivity contribution < 1.29 is 44.7 Å². The summed E-state index contributed by atoms with van der Waals surface area (Å²) in [5.74, 6) is -35.0. The Morgan fingerprint density at radius 3 is 1.29 bits per heavy atom. The number of H-pyrrole nitrogens is 2. The number of alkyl halides is 8. The highest BCUT2D eigenvalue weighted by atomic mass is 19.4. The van der Waals surface area contributed by atoms with E-state index < -0.39 is 47.4 Å². The maximum absolute atomic E-state index is 13.7. The van der Waals surface area contributed by atoms with Crippen molar-refractivity contribution in [3.05, 3.63) is 12.7 Å². The summed E-state index contributed by atoms with van der Waals surface area (Å²) in [5, 5.41) is 11.4. The van der Waals surface area contributed by atoms with Crippen molar-refractivity contribution in [2.45, 2.75) is 23.7 Å². The first kappa shape index (κ1) is 21.0. The fourth-order valence-corrected chi connectivity index (χ4v) is 1.58. The molecule has 0 aliphatic carbocycles. The summed E-state index contributed by atoms with van der Waals surface area (Å²) in [6.45, 7) is 0. The summed E-state index contributed by atoms with van der Waals surface area (Å²) in [5.41, 5.74) is 0. The summed E-state index contributed by atoms with van der Waals surface area (Å²) in [6, 6.07) is 0. The Labute approximate surface area is 147 Å². The van der Waals surface area contributed by atoms with Gasteiger partial charge in [-0.25, -0.2) is 10.2 Å². The molecule has 0 atom stereocenters. The Kier molecular flexibility index (Phi) is 5.00. The molecule has 0 unspecified atom stereocenters. The summed E-state index contributed by atoms with van der Waals surface area (Å²) in [7, 11) is 0. The molecule has 2 aromatic rings. The van der Waals surface area contributed by atoms with Gasteiger partial charge >= 0.3 is 35.5 Å². The van der Waals surface area contributed by atoms with Crippen LogP contribution < -0.4 is 10.6 Å². The largest absolute Gasteiger partial charge is 0.393 e. The molecule has 0 bridgehead atoms. The van der Waals surface area contributed by atoms with E-state index in [1.54, 1.807) is 10.2 Å². The van der Waals surface area contributed by atoms with Gasteiger partial charge in [0.05, 0.1) is 0 Å². The van der Waals surface area contributed by atoms with E-state index in [2.05, 4.69) is 20.2 Å². The predicted molar refractivity (Wildman–Crippen MR) is 69.8 cm³/mol. The van der Waals surface area contributed by atoms with Gasteiger partial charge in [-0.15, -0.1) is 0 Å². The third-order valence-electron chi connectivity index (χ3n) is 3.05. The van der Waals surface area contributed by atoms with Crippen molar-refractivity contribution in [2.24, 2.45) is 0 Å². The molecule has 2 heterocycles. The molecule has 0 saturated heterocycles. The molecule has 0 aliphatic rings. The normalized spacial score (nSPS) is 13.3. The number of aromatic amines is 2. The van der Waals surface area contributed by atoms with Gasteiger partial charge in [-0.2, -0.15) is 55.3 Å². The molecule has 154 valence electrons. The molecule has 0 radical (unpaired) electrons. The molecular formula is C10H6F8N8O2. The molecule has 2 amide bonds. The second kappa shape index (κ2) is 6.68. The van der Waals surface area contributed by atoms with E-state index in [0.717, 1.165) is 10.6 Å². The number of amides is 2. The minimum atomic E-state index is -7.02. The standard InChI is InChI=1S/C10H6F8N8O2/c11-7(12,3(27)23-5-19-1-21-25-5)9(15,16)10(17,18)8(13,14)4(28)24-6-20-2-22-26-6/h1-2H,(H2,19,21,23,25,27)(H2,20,22,24,26,28). The molecule has 4 N–H and O–H groups in total. The number of nitrogens with one attached hydrogen (secondary N) is 4. The third-order valence-corrected chi connectivity index (χ3v) is 3.05. The van der Waals surface area contributed by atoms with Crippen LogP contribution in [0.2, 0.25) is 0 Å². The summed E-state index contributed by atoms with van der Waals surface area (Å²) >= 11 is 0. The minimum Gasteiger partial charge on any atom is -0.289 e. The molecule has 0 aliphatic heterocycles. The van der Waals surface area contributed by atoms with Crippen molar-refractivity contribution in [3.8, 4) is 0 Å². The zero-order valence-corrected chi connectivity index (χ0v) is 12.8. The van der Waals surface area contributed by atoms with Crippen LogP contribution in [0.5, 0.6) is 0 Å². The van der Waals surface area contributed by atoms with Crippen molar-refractivity contribution in [3.63, 3.8) is 0 Å². The highest BCUT2D eigenvalue weighted by molar-refractivity contribution is 5.97. The quantitative estimate of drug-likeness (QED) is 0.492. The fourth-order valence-electron chi connectivity index (χ4n) is 1.58. The number of rotatable bonds is 7. The highest BCUT2D eigenvalue weighted by Crippen LogP contribution is 2.53. The monoisotopic (exact) mass is 422 g/mol. The second-order valence-electron chi connectivity index (χ2n) is 4.87. The first-order valence-electron chi connectivity index (χ1n) is 6.60. The van der Waals surface area contributed by atoms with Gasteiger partial charge < -0.3 is 0 Å². The molecule has 0 saturated carbocycles. The van der Waals surface area contributed by atoms with Crippen molar-refractivity contribution in [1.82, 2.24) is 30.4 Å². The van der Waals surface area contributed by atoms with Gasteiger partial charge in [-0.1, -0.05) is 0 Å². The predicted octanol–water partition coefficient (Wildman–Crippen LogP) is 1.04. The van der Waals surface area contributed by atoms with E-state index in [0.29, 0.717) is 12.7 Å². The highest BCUT2D eigenvalue weighted by Gasteiger charge is 2.84. The van der Waals surface area contributed by atoms with Crippen LogP contribution in [-0.4, -0.2) is 65.9 Å². The molecule has 18 heteroatoms. The lowest BCUT2D eigenvalue weighted by atomic mass is 9.97. The van der Waals surface area contributed by atoms with Gasteiger partial charge in [0.1, 0.15) is 12.7 Å². The Balaban J connectivity index is 2.31. The van der Waals surface area contributed by atoms with Gasteiger partial charge in [0.25, 0.3) is 0 Å². The maximum atomic E-state index is 13.7. The van der Waals surface area contributed by atoms with Crippen LogP contribution in [-0.2, 0) is 9.59 Å². The van der Waals surface area contributed by atoms with Crippen LogP contribution in [0.3, 0.4) is 0 Å². The lowest BCUT2D eigenvalue weighted by molar-refractivity contribution is -0.345. The first-order chi connectivity index (χ1) is 12.7. The van der Waals surface area contributed by atoms with E-state index in [4.69, 9.17) is 0 Å². The number of hydrogen-bond donors (Lipinski definition) is 4. The lowest BCUT2D eigenvalue weighted by Crippen LogP contribution is -2.67. The van der Waals surface area contributed by atoms with Crippen molar-refractivity contribution in [2.75, 3.05) is 10.6 Å². The average Bonchev–Trinajstić information content (AvgIpc) is 3.28. The van der Waals surface area contributed by atoms with Crippen LogP contribution in [0.1, 0.15) is 0 Å². The van der Waals surface area contributed by atoms with E-state index >= 15 is 0 Å². The number of halogens is 8. The summed E-state index contributed by atoms with van der Waals surface area (Å²) in [4.78, 5) is 28.6. The van der Waals surface area contributed by atoms with E-state index in [-0.39, 0.29) is 0 Å². The maximum Gasteiger partial charge on any atom is 0.393 e. The number of anilines is 2. The summed E-state index contributed by atoms with van der Waals surface area (Å²) in [6.07, 6.45) is 1.25. The van der Waals surface area contributed by atoms with Crippen LogP contribution in [0.25, 0.3) is 0 Å². The van der Waals surface area contributed by atoms with Crippen LogP contribution in [0, 0.1) is 0 Å². The smallest absolute Gasteiger partial charge is 0.289 e. The molecule has 10 nitrogen and oxygen atoms in total. The lowest BCUT2D eigenvalue weighted by Gasteiger charge is -2.34. The van der Waals surface area contributed by atoms with Gasteiger partial charge in [0.2, 0.25) is 11.9 Å². The Morgan fingerprint density at radius 1 is 0.714 bits per heavy atom. The molecule has 2 aromatic heterocycles. The van der Waals surface area contributed by atoms with E-state index in [1.165, 1.54) is 0 Å². The number of carbonyl (C=O) groups excluding carboxylic acids is 2. The molecular weight excluding hydrogens is 416 g/mol. The van der Waals surface area contributed by atoms with Crippen LogP contribution in [0.4, 0.5) is 47.0 Å². The van der Waals surface area contributed by atoms with E-state index in [1.807, 2.05) is 0 Å². The summed E-state index contributed by atoms with van der Waals surface area (Å²) < 4.78 is 109. The van der Waals surface area contributed by atoms with Crippen LogP contribution >= 0.6 is 0 Å². The SMILES string of the molecule is O=C(Nc1ncn[nH]1)C(F)(F)C(F)(F)C(F)(F)C(F)(F)C(=O)Nc1ncn[nH]1. The van der Waals surface area contributed by atoms with Gasteiger partial charge in [0, 0.05) is 0 Å². The molecule has 28 heavy (non-hydrogen) atoms. The Bertz CT molecular complexity index is 767. The Morgan fingerprint density at radius 2 is 1.04 bits per heavy atom. The van der Waals surface area contributed by atoms with Gasteiger partial charge in [-0.3, -0.25) is 20.2 Å². The topological polar surface area (TPSA) is 141 Å². The third kappa shape index (κ3) is 3.20.